The number of anilines is 1. The molecule has 178 valence electrons. The lowest BCUT2D eigenvalue weighted by Gasteiger charge is -2.28. The van der Waals surface area contributed by atoms with Crippen molar-refractivity contribution < 1.29 is 9.53 Å². The first-order valence-corrected chi connectivity index (χ1v) is 12.9. The summed E-state index contributed by atoms with van der Waals surface area (Å²) in [5.41, 5.74) is 4.78. The first-order chi connectivity index (χ1) is 16.6. The van der Waals surface area contributed by atoms with Crippen LogP contribution in [0.4, 0.5) is 5.95 Å². The summed E-state index contributed by atoms with van der Waals surface area (Å²) in [6.07, 6.45) is 3.14. The number of aryl methyl sites for hydroxylation is 2. The van der Waals surface area contributed by atoms with Gasteiger partial charge in [-0.15, -0.1) is 10.2 Å². The Morgan fingerprint density at radius 3 is 2.68 bits per heavy atom. The largest absolute Gasteiger partial charge is 0.378 e. The van der Waals surface area contributed by atoms with Gasteiger partial charge in [0.2, 0.25) is 11.9 Å². The number of fused-ring (bicyclic) bond motifs is 1. The van der Waals surface area contributed by atoms with Gasteiger partial charge in [0.1, 0.15) is 0 Å². The van der Waals surface area contributed by atoms with Gasteiger partial charge in [-0.2, -0.15) is 0 Å². The zero-order chi connectivity index (χ0) is 23.5. The molecule has 1 aliphatic carbocycles. The van der Waals surface area contributed by atoms with Crippen molar-refractivity contribution in [3.05, 3.63) is 65.2 Å². The Morgan fingerprint density at radius 1 is 1.12 bits per heavy atom. The van der Waals surface area contributed by atoms with E-state index in [0.29, 0.717) is 13.2 Å². The monoisotopic (exact) mass is 477 g/mol. The van der Waals surface area contributed by atoms with Crippen molar-refractivity contribution in [2.45, 2.75) is 49.6 Å². The Morgan fingerprint density at radius 2 is 1.88 bits per heavy atom. The predicted octanol–water partition coefficient (Wildman–Crippen LogP) is 4.09. The Bertz CT molecular complexity index is 1140. The van der Waals surface area contributed by atoms with Crippen LogP contribution in [0.15, 0.2) is 53.7 Å². The highest BCUT2D eigenvalue weighted by atomic mass is 32.2. The van der Waals surface area contributed by atoms with Crippen LogP contribution < -0.4 is 10.2 Å². The van der Waals surface area contributed by atoms with E-state index >= 15 is 0 Å². The van der Waals surface area contributed by atoms with Crippen molar-refractivity contribution in [3.8, 4) is 5.69 Å². The van der Waals surface area contributed by atoms with Gasteiger partial charge < -0.3 is 15.0 Å². The van der Waals surface area contributed by atoms with Gasteiger partial charge in [0, 0.05) is 13.1 Å². The number of morpholine rings is 1. The van der Waals surface area contributed by atoms with E-state index in [4.69, 9.17) is 4.74 Å². The number of thioether (sulfide) groups is 1. The van der Waals surface area contributed by atoms with Crippen molar-refractivity contribution in [1.29, 1.82) is 0 Å². The molecule has 2 aromatic carbocycles. The SMILES string of the molecule is Cc1ccc(-n2c(S[C@H](C)C(=O)N[C@H]3CCCc4ccccc43)nnc2N2CCOCC2)cc1. The summed E-state index contributed by atoms with van der Waals surface area (Å²) in [5.74, 6) is 0.821. The van der Waals surface area contributed by atoms with E-state index in [1.807, 2.05) is 6.92 Å². The smallest absolute Gasteiger partial charge is 0.233 e. The topological polar surface area (TPSA) is 72.3 Å². The molecule has 3 aromatic rings. The summed E-state index contributed by atoms with van der Waals surface area (Å²) in [5, 5.41) is 12.7. The molecule has 1 aromatic heterocycles. The molecule has 1 aliphatic heterocycles. The summed E-state index contributed by atoms with van der Waals surface area (Å²) < 4.78 is 7.59. The van der Waals surface area contributed by atoms with Crippen LogP contribution in [-0.4, -0.2) is 52.2 Å². The second-order valence-electron chi connectivity index (χ2n) is 8.97. The molecule has 1 fully saturated rings. The fourth-order valence-electron chi connectivity index (χ4n) is 4.63. The second-order valence-corrected chi connectivity index (χ2v) is 10.3. The van der Waals surface area contributed by atoms with Crippen LogP contribution in [-0.2, 0) is 16.0 Å². The lowest BCUT2D eigenvalue weighted by Crippen LogP contribution is -2.38. The number of carbonyl (C=O) groups is 1. The van der Waals surface area contributed by atoms with Crippen molar-refractivity contribution >= 4 is 23.6 Å². The molecule has 1 saturated heterocycles. The standard InChI is InChI=1S/C26H31N5O2S/c1-18-10-12-21(13-11-18)31-25(30-14-16-33-17-15-30)28-29-26(31)34-19(2)24(32)27-23-9-5-7-20-6-3-4-8-22(20)23/h3-4,6,8,10-13,19,23H,5,7,9,14-17H2,1-2H3,(H,27,32)/t19-,23+/m1/s1. The zero-order valence-corrected chi connectivity index (χ0v) is 20.6. The van der Waals surface area contributed by atoms with Crippen molar-refractivity contribution in [1.82, 2.24) is 20.1 Å². The molecule has 1 amide bonds. The molecule has 7 nitrogen and oxygen atoms in total. The number of hydrogen-bond acceptors (Lipinski definition) is 6. The quantitative estimate of drug-likeness (QED) is 0.539. The van der Waals surface area contributed by atoms with Gasteiger partial charge >= 0.3 is 0 Å². The maximum absolute atomic E-state index is 13.2. The fraction of sp³-hybridized carbons (Fsp3) is 0.423. The highest BCUT2D eigenvalue weighted by Crippen LogP contribution is 2.32. The summed E-state index contributed by atoms with van der Waals surface area (Å²) in [6, 6.07) is 16.8. The van der Waals surface area contributed by atoms with E-state index in [1.165, 1.54) is 28.5 Å². The lowest BCUT2D eigenvalue weighted by molar-refractivity contribution is -0.121. The summed E-state index contributed by atoms with van der Waals surface area (Å²) in [4.78, 5) is 15.4. The summed E-state index contributed by atoms with van der Waals surface area (Å²) in [6.45, 7) is 6.90. The number of amides is 1. The van der Waals surface area contributed by atoms with Gasteiger partial charge in [-0.1, -0.05) is 53.7 Å². The van der Waals surface area contributed by atoms with E-state index in [-0.39, 0.29) is 17.2 Å². The average Bonchev–Trinajstić information content (AvgIpc) is 3.28. The van der Waals surface area contributed by atoms with E-state index in [0.717, 1.165) is 49.1 Å². The lowest BCUT2D eigenvalue weighted by atomic mass is 9.88. The average molecular weight is 478 g/mol. The van der Waals surface area contributed by atoms with Crippen LogP contribution in [0.5, 0.6) is 0 Å². The first-order valence-electron chi connectivity index (χ1n) is 12.0. The number of hydrogen-bond donors (Lipinski definition) is 1. The Balaban J connectivity index is 1.37. The van der Waals surface area contributed by atoms with Crippen LogP contribution in [0.3, 0.4) is 0 Å². The van der Waals surface area contributed by atoms with Crippen molar-refractivity contribution in [2.24, 2.45) is 0 Å². The van der Waals surface area contributed by atoms with Crippen molar-refractivity contribution in [2.75, 3.05) is 31.2 Å². The van der Waals surface area contributed by atoms with Crippen LogP contribution in [0, 0.1) is 6.92 Å². The molecular formula is C26H31N5O2S. The van der Waals surface area contributed by atoms with Crippen LogP contribution in [0.2, 0.25) is 0 Å². The third-order valence-corrected chi connectivity index (χ3v) is 7.58. The molecule has 1 N–H and O–H groups in total. The maximum Gasteiger partial charge on any atom is 0.233 e. The number of aromatic nitrogens is 3. The van der Waals surface area contributed by atoms with E-state index in [2.05, 4.69) is 80.4 Å². The van der Waals surface area contributed by atoms with Crippen LogP contribution in [0.1, 0.15) is 42.5 Å². The van der Waals surface area contributed by atoms with E-state index in [9.17, 15) is 4.79 Å². The number of nitrogens with one attached hydrogen (secondary N) is 1. The summed E-state index contributed by atoms with van der Waals surface area (Å²) >= 11 is 1.45. The predicted molar refractivity (Wildman–Crippen MR) is 135 cm³/mol. The molecular weight excluding hydrogens is 446 g/mol. The number of carbonyl (C=O) groups excluding carboxylic acids is 1. The van der Waals surface area contributed by atoms with Gasteiger partial charge in [0.15, 0.2) is 5.16 Å². The van der Waals surface area contributed by atoms with Crippen LogP contribution in [0.25, 0.3) is 5.69 Å². The molecule has 0 radical (unpaired) electrons. The highest BCUT2D eigenvalue weighted by Gasteiger charge is 2.27. The number of ether oxygens (including phenoxy) is 1. The number of benzene rings is 2. The minimum Gasteiger partial charge on any atom is -0.378 e. The maximum atomic E-state index is 13.2. The number of nitrogens with zero attached hydrogens (tertiary/aromatic N) is 4. The molecule has 34 heavy (non-hydrogen) atoms. The van der Waals surface area contributed by atoms with Gasteiger partial charge in [-0.3, -0.25) is 9.36 Å². The molecule has 0 bridgehead atoms. The molecule has 8 heteroatoms. The highest BCUT2D eigenvalue weighted by molar-refractivity contribution is 8.00. The second kappa shape index (κ2) is 10.2. The molecule has 2 heterocycles. The molecule has 0 saturated carbocycles. The minimum absolute atomic E-state index is 0.0260. The molecule has 5 rings (SSSR count). The van der Waals surface area contributed by atoms with Gasteiger partial charge in [-0.25, -0.2) is 0 Å². The normalized spacial score (nSPS) is 18.9. The Labute approximate surface area is 204 Å². The Hall–Kier alpha value is -2.84. The molecule has 2 aliphatic rings. The number of rotatable bonds is 6. The zero-order valence-electron chi connectivity index (χ0n) is 19.7. The van der Waals surface area contributed by atoms with Crippen LogP contribution >= 0.6 is 11.8 Å². The van der Waals surface area contributed by atoms with Gasteiger partial charge in [0.05, 0.1) is 30.2 Å². The first kappa shape index (κ1) is 22.9. The minimum atomic E-state index is -0.306. The third-order valence-electron chi connectivity index (χ3n) is 6.54. The molecule has 2 atom stereocenters. The summed E-state index contributed by atoms with van der Waals surface area (Å²) in [7, 11) is 0. The van der Waals surface area contributed by atoms with E-state index < -0.39 is 0 Å². The van der Waals surface area contributed by atoms with E-state index in [1.54, 1.807) is 0 Å². The Kier molecular flexibility index (Phi) is 6.87. The fourth-order valence-corrected chi connectivity index (χ4v) is 5.50. The van der Waals surface area contributed by atoms with Gasteiger partial charge in [0.25, 0.3) is 0 Å². The van der Waals surface area contributed by atoms with Crippen molar-refractivity contribution in [3.63, 3.8) is 0 Å². The van der Waals surface area contributed by atoms with Gasteiger partial charge in [-0.05, 0) is 56.4 Å². The third kappa shape index (κ3) is 4.83. The molecule has 0 spiro atoms. The molecule has 0 unspecified atom stereocenters.